The molecule has 0 amide bonds. The number of piperazine rings is 1. The van der Waals surface area contributed by atoms with E-state index in [1.54, 1.807) is 0 Å². The first kappa shape index (κ1) is 21.3. The number of hydrogen-bond acceptors (Lipinski definition) is 3. The van der Waals surface area contributed by atoms with Gasteiger partial charge in [-0.25, -0.2) is 0 Å². The Bertz CT molecular complexity index is 536. The first-order valence-corrected chi connectivity index (χ1v) is 9.85. The molecule has 0 spiro atoms. The minimum absolute atomic E-state index is 0. The molecule has 1 unspecified atom stereocenters. The van der Waals surface area contributed by atoms with Crippen LogP contribution in [-0.2, 0) is 0 Å². The molecule has 26 heavy (non-hydrogen) atoms. The highest BCUT2D eigenvalue weighted by atomic mass is 127. The van der Waals surface area contributed by atoms with Crippen molar-refractivity contribution in [1.82, 2.24) is 15.1 Å². The molecule has 1 N–H and O–H groups in total. The molecular formula is C20H34IN5. The molecule has 2 fully saturated rings. The van der Waals surface area contributed by atoms with Crippen LogP contribution in [0.5, 0.6) is 0 Å². The monoisotopic (exact) mass is 471 g/mol. The van der Waals surface area contributed by atoms with Gasteiger partial charge in [0.25, 0.3) is 0 Å². The Hall–Kier alpha value is -1.02. The van der Waals surface area contributed by atoms with E-state index in [1.165, 1.54) is 18.5 Å². The lowest BCUT2D eigenvalue weighted by Gasteiger charge is -2.38. The van der Waals surface area contributed by atoms with Crippen molar-refractivity contribution < 1.29 is 0 Å². The Labute approximate surface area is 175 Å². The van der Waals surface area contributed by atoms with Gasteiger partial charge in [0, 0.05) is 57.5 Å². The zero-order chi connectivity index (χ0) is 17.5. The van der Waals surface area contributed by atoms with E-state index >= 15 is 0 Å². The smallest absolute Gasteiger partial charge is 0.193 e. The summed E-state index contributed by atoms with van der Waals surface area (Å²) in [7, 11) is 0. The molecule has 2 saturated heterocycles. The third kappa shape index (κ3) is 5.74. The number of rotatable bonds is 5. The van der Waals surface area contributed by atoms with E-state index in [9.17, 15) is 0 Å². The van der Waals surface area contributed by atoms with Gasteiger partial charge in [-0.05, 0) is 38.8 Å². The standard InChI is InChI=1S/C20H33N5.HI/c1-3-21-20(25-11-7-8-12-25)22-17-18(2)23-13-15-24(16-14-23)19-9-5-4-6-10-19;/h4-6,9-10,18H,3,7-8,11-17H2,1-2H3,(H,21,22);1H. The van der Waals surface area contributed by atoms with Crippen molar-refractivity contribution in [2.45, 2.75) is 32.7 Å². The second kappa shape index (κ2) is 11.0. The van der Waals surface area contributed by atoms with Gasteiger partial charge in [0.05, 0.1) is 6.54 Å². The Balaban J connectivity index is 0.00000243. The van der Waals surface area contributed by atoms with E-state index < -0.39 is 0 Å². The van der Waals surface area contributed by atoms with Crippen LogP contribution in [0.15, 0.2) is 35.3 Å². The van der Waals surface area contributed by atoms with Crippen molar-refractivity contribution in [3.63, 3.8) is 0 Å². The predicted octanol–water partition coefficient (Wildman–Crippen LogP) is 2.88. The van der Waals surface area contributed by atoms with Gasteiger partial charge in [0.1, 0.15) is 0 Å². The molecule has 3 rings (SSSR count). The SMILES string of the molecule is CCNC(=NCC(C)N1CCN(c2ccccc2)CC1)N1CCCC1.I. The van der Waals surface area contributed by atoms with E-state index in [-0.39, 0.29) is 24.0 Å². The van der Waals surface area contributed by atoms with Crippen molar-refractivity contribution in [3.8, 4) is 0 Å². The molecule has 2 heterocycles. The molecule has 6 heteroatoms. The summed E-state index contributed by atoms with van der Waals surface area (Å²) < 4.78 is 0. The van der Waals surface area contributed by atoms with E-state index in [1.807, 2.05) is 0 Å². The summed E-state index contributed by atoms with van der Waals surface area (Å²) in [6.07, 6.45) is 2.59. The first-order chi connectivity index (χ1) is 12.3. The van der Waals surface area contributed by atoms with E-state index in [2.05, 4.69) is 64.2 Å². The molecule has 0 radical (unpaired) electrons. The molecule has 2 aliphatic heterocycles. The summed E-state index contributed by atoms with van der Waals surface area (Å²) in [6.45, 7) is 13.0. The summed E-state index contributed by atoms with van der Waals surface area (Å²) >= 11 is 0. The van der Waals surface area contributed by atoms with Gasteiger partial charge >= 0.3 is 0 Å². The van der Waals surface area contributed by atoms with Gasteiger partial charge in [0.2, 0.25) is 0 Å². The van der Waals surface area contributed by atoms with Crippen LogP contribution in [-0.4, -0.2) is 74.2 Å². The number of guanidine groups is 1. The minimum Gasteiger partial charge on any atom is -0.369 e. The van der Waals surface area contributed by atoms with Crippen LogP contribution in [0.1, 0.15) is 26.7 Å². The average molecular weight is 471 g/mol. The minimum atomic E-state index is 0. The zero-order valence-corrected chi connectivity index (χ0v) is 18.6. The summed E-state index contributed by atoms with van der Waals surface area (Å²) in [6, 6.07) is 11.3. The second-order valence-electron chi connectivity index (χ2n) is 7.10. The number of halogens is 1. The molecule has 5 nitrogen and oxygen atoms in total. The fraction of sp³-hybridized carbons (Fsp3) is 0.650. The third-order valence-electron chi connectivity index (χ3n) is 5.30. The number of benzene rings is 1. The van der Waals surface area contributed by atoms with E-state index in [0.717, 1.165) is 58.3 Å². The van der Waals surface area contributed by atoms with Crippen molar-refractivity contribution in [1.29, 1.82) is 0 Å². The van der Waals surface area contributed by atoms with Crippen molar-refractivity contribution in [2.24, 2.45) is 4.99 Å². The summed E-state index contributed by atoms with van der Waals surface area (Å²) in [5.41, 5.74) is 1.34. The Morgan fingerprint density at radius 2 is 1.69 bits per heavy atom. The topological polar surface area (TPSA) is 34.1 Å². The van der Waals surface area contributed by atoms with Crippen LogP contribution in [0.25, 0.3) is 0 Å². The van der Waals surface area contributed by atoms with Gasteiger partial charge in [0.15, 0.2) is 5.96 Å². The molecular weight excluding hydrogens is 437 g/mol. The van der Waals surface area contributed by atoms with Crippen LogP contribution in [0.2, 0.25) is 0 Å². The maximum absolute atomic E-state index is 4.92. The lowest BCUT2D eigenvalue weighted by Crippen LogP contribution is -2.50. The summed E-state index contributed by atoms with van der Waals surface area (Å²) in [4.78, 5) is 12.4. The van der Waals surface area contributed by atoms with Crippen LogP contribution in [0, 0.1) is 0 Å². The van der Waals surface area contributed by atoms with Gasteiger partial charge < -0.3 is 15.1 Å². The average Bonchev–Trinajstić information content (AvgIpc) is 3.20. The summed E-state index contributed by atoms with van der Waals surface area (Å²) in [5, 5.41) is 3.46. The quantitative estimate of drug-likeness (QED) is 0.407. The fourth-order valence-corrected chi connectivity index (χ4v) is 3.75. The first-order valence-electron chi connectivity index (χ1n) is 9.85. The van der Waals surface area contributed by atoms with Crippen molar-refractivity contribution >= 4 is 35.6 Å². The van der Waals surface area contributed by atoms with Gasteiger partial charge in [-0.3, -0.25) is 9.89 Å². The largest absolute Gasteiger partial charge is 0.369 e. The number of anilines is 1. The Morgan fingerprint density at radius 3 is 2.31 bits per heavy atom. The predicted molar refractivity (Wildman–Crippen MR) is 122 cm³/mol. The van der Waals surface area contributed by atoms with Gasteiger partial charge in [-0.1, -0.05) is 18.2 Å². The lowest BCUT2D eigenvalue weighted by molar-refractivity contribution is 0.201. The normalized spacial score (nSPS) is 20.0. The number of nitrogens with one attached hydrogen (secondary N) is 1. The number of para-hydroxylation sites is 1. The zero-order valence-electron chi connectivity index (χ0n) is 16.2. The molecule has 2 aliphatic rings. The van der Waals surface area contributed by atoms with Crippen LogP contribution < -0.4 is 10.2 Å². The van der Waals surface area contributed by atoms with Crippen LogP contribution in [0.4, 0.5) is 5.69 Å². The fourth-order valence-electron chi connectivity index (χ4n) is 3.75. The molecule has 1 aromatic carbocycles. The lowest BCUT2D eigenvalue weighted by atomic mass is 10.2. The maximum Gasteiger partial charge on any atom is 0.193 e. The highest BCUT2D eigenvalue weighted by Crippen LogP contribution is 2.16. The van der Waals surface area contributed by atoms with Crippen molar-refractivity contribution in [2.75, 3.05) is 57.3 Å². The van der Waals surface area contributed by atoms with Crippen molar-refractivity contribution in [3.05, 3.63) is 30.3 Å². The third-order valence-corrected chi connectivity index (χ3v) is 5.30. The van der Waals surface area contributed by atoms with E-state index in [4.69, 9.17) is 4.99 Å². The molecule has 1 atom stereocenters. The number of hydrogen-bond donors (Lipinski definition) is 1. The molecule has 0 saturated carbocycles. The number of aliphatic imine (C=N–C) groups is 1. The highest BCUT2D eigenvalue weighted by molar-refractivity contribution is 14.0. The number of likely N-dealkylation sites (tertiary alicyclic amines) is 1. The molecule has 146 valence electrons. The number of nitrogens with zero attached hydrogens (tertiary/aromatic N) is 4. The molecule has 0 bridgehead atoms. The maximum atomic E-state index is 4.92. The van der Waals surface area contributed by atoms with Crippen LogP contribution >= 0.6 is 24.0 Å². The molecule has 0 aliphatic carbocycles. The Kier molecular flexibility index (Phi) is 8.98. The van der Waals surface area contributed by atoms with Gasteiger partial charge in [-0.15, -0.1) is 24.0 Å². The van der Waals surface area contributed by atoms with Gasteiger partial charge in [-0.2, -0.15) is 0 Å². The summed E-state index contributed by atoms with van der Waals surface area (Å²) in [5.74, 6) is 1.11. The Morgan fingerprint density at radius 1 is 1.04 bits per heavy atom. The van der Waals surface area contributed by atoms with E-state index in [0.29, 0.717) is 6.04 Å². The second-order valence-corrected chi connectivity index (χ2v) is 7.10. The molecule has 1 aromatic rings. The molecule has 0 aromatic heterocycles. The van der Waals surface area contributed by atoms with Crippen LogP contribution in [0.3, 0.4) is 0 Å². The highest BCUT2D eigenvalue weighted by Gasteiger charge is 2.22.